The molecule has 0 aliphatic carbocycles. The lowest BCUT2D eigenvalue weighted by Gasteiger charge is -2.46. The van der Waals surface area contributed by atoms with Crippen molar-refractivity contribution in [2.24, 2.45) is 5.92 Å². The first kappa shape index (κ1) is 20.3. The lowest BCUT2D eigenvalue weighted by molar-refractivity contribution is -0.133. The number of morpholine rings is 1. The molecule has 1 aromatic carbocycles. The average Bonchev–Trinajstić information content (AvgIpc) is 2.61. The van der Waals surface area contributed by atoms with Crippen LogP contribution in [0.3, 0.4) is 0 Å². The predicted octanol–water partition coefficient (Wildman–Crippen LogP) is 3.38. The third-order valence-electron chi connectivity index (χ3n) is 5.17. The molecule has 0 amide bonds. The largest absolute Gasteiger partial charge is 0.478 e. The highest BCUT2D eigenvalue weighted by atomic mass is 19.1. The monoisotopic (exact) mass is 392 g/mol. The van der Waals surface area contributed by atoms with Crippen molar-refractivity contribution in [3.05, 3.63) is 58.4 Å². The Hall–Kier alpha value is -2.41. The van der Waals surface area contributed by atoms with Gasteiger partial charge in [0.2, 0.25) is 0 Å². The second-order valence-electron chi connectivity index (χ2n) is 7.60. The maximum atomic E-state index is 13.8. The van der Waals surface area contributed by atoms with Crippen LogP contribution in [-0.2, 0) is 16.1 Å². The van der Waals surface area contributed by atoms with E-state index < -0.39 is 23.6 Å². The Balaban J connectivity index is 2.06. The molecule has 1 fully saturated rings. The predicted molar refractivity (Wildman–Crippen MR) is 101 cm³/mol. The first-order valence-corrected chi connectivity index (χ1v) is 9.48. The fourth-order valence-electron chi connectivity index (χ4n) is 4.02. The molecule has 2 aliphatic heterocycles. The molecule has 0 saturated carbocycles. The number of hydrogen-bond donors (Lipinski definition) is 1. The van der Waals surface area contributed by atoms with Gasteiger partial charge in [0.05, 0.1) is 24.8 Å². The van der Waals surface area contributed by atoms with Crippen LogP contribution in [0.1, 0.15) is 26.3 Å². The highest BCUT2D eigenvalue weighted by Crippen LogP contribution is 2.34. The van der Waals surface area contributed by atoms with E-state index in [9.17, 15) is 18.7 Å². The number of carboxylic acids is 1. The SMILES string of the molecule is CC1=C(C(=O)O)C(C(C)C)N(Cc2cc(F)cc(F)c2)C(N2CCOCC2)=C1. The number of ether oxygens (including phenoxy) is 1. The summed E-state index contributed by atoms with van der Waals surface area (Å²) in [6, 6.07) is 3.02. The molecule has 2 aliphatic rings. The van der Waals surface area contributed by atoms with Gasteiger partial charge in [-0.1, -0.05) is 13.8 Å². The van der Waals surface area contributed by atoms with E-state index in [0.29, 0.717) is 43.0 Å². The highest BCUT2D eigenvalue weighted by Gasteiger charge is 2.37. The van der Waals surface area contributed by atoms with E-state index in [0.717, 1.165) is 11.9 Å². The van der Waals surface area contributed by atoms with Gasteiger partial charge in [0, 0.05) is 25.7 Å². The van der Waals surface area contributed by atoms with Crippen molar-refractivity contribution in [3.63, 3.8) is 0 Å². The second-order valence-corrected chi connectivity index (χ2v) is 7.60. The molecule has 1 unspecified atom stereocenters. The highest BCUT2D eigenvalue weighted by molar-refractivity contribution is 5.90. The van der Waals surface area contributed by atoms with E-state index in [1.165, 1.54) is 12.1 Å². The minimum Gasteiger partial charge on any atom is -0.478 e. The second kappa shape index (κ2) is 8.31. The van der Waals surface area contributed by atoms with Crippen molar-refractivity contribution in [1.82, 2.24) is 9.80 Å². The summed E-state index contributed by atoms with van der Waals surface area (Å²) in [5, 5.41) is 9.83. The normalized spacial score (nSPS) is 20.6. The van der Waals surface area contributed by atoms with Gasteiger partial charge >= 0.3 is 5.97 Å². The number of rotatable bonds is 5. The maximum Gasteiger partial charge on any atom is 0.333 e. The van der Waals surface area contributed by atoms with Crippen LogP contribution in [-0.4, -0.2) is 53.2 Å². The molecule has 1 atom stereocenters. The zero-order valence-corrected chi connectivity index (χ0v) is 16.4. The smallest absolute Gasteiger partial charge is 0.333 e. The molecule has 1 aromatic rings. The Kier molecular flexibility index (Phi) is 6.03. The van der Waals surface area contributed by atoms with Crippen LogP contribution in [0.15, 0.2) is 41.2 Å². The van der Waals surface area contributed by atoms with Crippen LogP contribution >= 0.6 is 0 Å². The van der Waals surface area contributed by atoms with Crippen molar-refractivity contribution in [2.45, 2.75) is 33.4 Å². The number of allylic oxidation sites excluding steroid dienone is 2. The van der Waals surface area contributed by atoms with E-state index in [4.69, 9.17) is 4.74 Å². The lowest BCUT2D eigenvalue weighted by Crippen LogP contribution is -2.50. The fourth-order valence-corrected chi connectivity index (χ4v) is 4.02. The van der Waals surface area contributed by atoms with Gasteiger partial charge in [0.15, 0.2) is 0 Å². The number of halogens is 2. The quantitative estimate of drug-likeness (QED) is 0.833. The molecule has 2 heterocycles. The zero-order chi connectivity index (χ0) is 20.4. The molecule has 0 spiro atoms. The van der Waals surface area contributed by atoms with Gasteiger partial charge in [-0.2, -0.15) is 0 Å². The van der Waals surface area contributed by atoms with Crippen LogP contribution in [0.5, 0.6) is 0 Å². The van der Waals surface area contributed by atoms with Gasteiger partial charge in [-0.25, -0.2) is 13.6 Å². The van der Waals surface area contributed by atoms with Gasteiger partial charge in [-0.3, -0.25) is 0 Å². The van der Waals surface area contributed by atoms with Gasteiger partial charge < -0.3 is 19.6 Å². The third-order valence-corrected chi connectivity index (χ3v) is 5.17. The van der Waals surface area contributed by atoms with Crippen LogP contribution < -0.4 is 0 Å². The molecule has 5 nitrogen and oxygen atoms in total. The Morgan fingerprint density at radius 1 is 1.21 bits per heavy atom. The molecule has 0 bridgehead atoms. The molecule has 3 rings (SSSR count). The molecule has 0 radical (unpaired) electrons. The number of nitrogens with zero attached hydrogens (tertiary/aromatic N) is 2. The number of hydrogen-bond acceptors (Lipinski definition) is 4. The van der Waals surface area contributed by atoms with Crippen molar-refractivity contribution in [2.75, 3.05) is 26.3 Å². The Morgan fingerprint density at radius 2 is 1.82 bits per heavy atom. The molecular weight excluding hydrogens is 366 g/mol. The number of aliphatic carboxylic acids is 1. The van der Waals surface area contributed by atoms with Crippen molar-refractivity contribution >= 4 is 5.97 Å². The van der Waals surface area contributed by atoms with E-state index in [-0.39, 0.29) is 12.5 Å². The summed E-state index contributed by atoms with van der Waals surface area (Å²) in [5.74, 6) is -1.40. The number of carboxylic acid groups (broad SMARTS) is 1. The summed E-state index contributed by atoms with van der Waals surface area (Å²) in [5.41, 5.74) is 1.49. The summed E-state index contributed by atoms with van der Waals surface area (Å²) >= 11 is 0. The van der Waals surface area contributed by atoms with Gasteiger partial charge in [-0.15, -0.1) is 0 Å². The minimum atomic E-state index is -0.969. The first-order chi connectivity index (χ1) is 13.3. The average molecular weight is 392 g/mol. The summed E-state index contributed by atoms with van der Waals surface area (Å²) in [7, 11) is 0. The summed E-state index contributed by atoms with van der Waals surface area (Å²) in [6.07, 6.45) is 1.86. The topological polar surface area (TPSA) is 53.0 Å². The molecular formula is C21H26F2N2O3. The van der Waals surface area contributed by atoms with Crippen LogP contribution in [0.4, 0.5) is 8.78 Å². The van der Waals surface area contributed by atoms with Crippen molar-refractivity contribution in [1.29, 1.82) is 0 Å². The van der Waals surface area contributed by atoms with E-state index >= 15 is 0 Å². The molecule has 0 aromatic heterocycles. The Morgan fingerprint density at radius 3 is 2.36 bits per heavy atom. The van der Waals surface area contributed by atoms with Crippen LogP contribution in [0.25, 0.3) is 0 Å². The molecule has 28 heavy (non-hydrogen) atoms. The van der Waals surface area contributed by atoms with Gasteiger partial charge in [0.1, 0.15) is 17.5 Å². The Bertz CT molecular complexity index is 794. The first-order valence-electron chi connectivity index (χ1n) is 9.48. The maximum absolute atomic E-state index is 13.8. The number of carbonyl (C=O) groups is 1. The lowest BCUT2D eigenvalue weighted by atomic mass is 9.87. The van der Waals surface area contributed by atoms with Crippen molar-refractivity contribution < 1.29 is 23.4 Å². The summed E-state index contributed by atoms with van der Waals surface area (Å²) in [4.78, 5) is 16.1. The van der Waals surface area contributed by atoms with Crippen LogP contribution in [0.2, 0.25) is 0 Å². The van der Waals surface area contributed by atoms with Crippen molar-refractivity contribution in [3.8, 4) is 0 Å². The minimum absolute atomic E-state index is 0.0100. The fraction of sp³-hybridized carbons (Fsp3) is 0.476. The zero-order valence-electron chi connectivity index (χ0n) is 16.4. The molecule has 152 valence electrons. The molecule has 1 N–H and O–H groups in total. The number of benzene rings is 1. The van der Waals surface area contributed by atoms with E-state index in [1.807, 2.05) is 24.8 Å². The molecule has 7 heteroatoms. The van der Waals surface area contributed by atoms with E-state index in [1.54, 1.807) is 6.92 Å². The van der Waals surface area contributed by atoms with Crippen LogP contribution in [0, 0.1) is 17.6 Å². The molecule has 1 saturated heterocycles. The Labute approximate surface area is 163 Å². The summed E-state index contributed by atoms with van der Waals surface area (Å²) in [6.45, 7) is 8.47. The van der Waals surface area contributed by atoms with E-state index in [2.05, 4.69) is 4.90 Å². The summed E-state index contributed by atoms with van der Waals surface area (Å²) < 4.78 is 32.9. The third kappa shape index (κ3) is 4.19. The van der Waals surface area contributed by atoms with Gasteiger partial charge in [-0.05, 0) is 42.2 Å². The van der Waals surface area contributed by atoms with Gasteiger partial charge in [0.25, 0.3) is 0 Å². The standard InChI is InChI=1S/C21H26F2N2O3/c1-13(2)20-19(21(26)27)14(3)8-18(24-4-6-28-7-5-24)25(20)12-15-9-16(22)11-17(23)10-15/h8-11,13,20H,4-7,12H2,1-3H3,(H,26,27).